The van der Waals surface area contributed by atoms with Crippen molar-refractivity contribution in [3.63, 3.8) is 0 Å². The Kier molecular flexibility index (Phi) is 7.93. The first kappa shape index (κ1) is 27.4. The highest BCUT2D eigenvalue weighted by molar-refractivity contribution is 6.30. The molecule has 0 fully saturated rings. The van der Waals surface area contributed by atoms with Crippen molar-refractivity contribution in [1.29, 1.82) is 0 Å². The second kappa shape index (κ2) is 11.0. The van der Waals surface area contributed by atoms with Crippen molar-refractivity contribution < 1.29 is 27.8 Å². The van der Waals surface area contributed by atoms with Crippen LogP contribution in [0.1, 0.15) is 43.0 Å². The molecule has 0 radical (unpaired) electrons. The Morgan fingerprint density at radius 2 is 2.03 bits per heavy atom. The van der Waals surface area contributed by atoms with Gasteiger partial charge >= 0.3 is 12.1 Å². The smallest absolute Gasteiger partial charge is 0.429 e. The lowest BCUT2D eigenvalue weighted by molar-refractivity contribution is -0.198. The van der Waals surface area contributed by atoms with Crippen LogP contribution in [0.5, 0.6) is 5.88 Å². The predicted octanol–water partition coefficient (Wildman–Crippen LogP) is 4.78. The van der Waals surface area contributed by atoms with Crippen molar-refractivity contribution in [3.8, 4) is 17.1 Å². The second-order valence-electron chi connectivity index (χ2n) is 9.15. The third-order valence-electron chi connectivity index (χ3n) is 6.30. The second-order valence-corrected chi connectivity index (χ2v) is 9.58. The van der Waals surface area contributed by atoms with Gasteiger partial charge in [-0.25, -0.2) is 4.98 Å². The number of hydrogen-bond acceptors (Lipinski definition) is 7. The molecule has 3 atom stereocenters. The Hall–Kier alpha value is -3.64. The van der Waals surface area contributed by atoms with E-state index in [2.05, 4.69) is 15.1 Å². The number of alkyl halides is 3. The fraction of sp³-hybridized carbons (Fsp3) is 0.360. The van der Waals surface area contributed by atoms with Gasteiger partial charge in [-0.1, -0.05) is 23.7 Å². The summed E-state index contributed by atoms with van der Waals surface area (Å²) in [5.41, 5.74) is 12.9. The van der Waals surface area contributed by atoms with Crippen LogP contribution in [0, 0.1) is 5.92 Å². The molecule has 0 aliphatic heterocycles. The van der Waals surface area contributed by atoms with Crippen LogP contribution in [0.15, 0.2) is 42.6 Å². The van der Waals surface area contributed by atoms with Crippen LogP contribution < -0.4 is 16.2 Å². The zero-order valence-corrected chi connectivity index (χ0v) is 21.1. The van der Waals surface area contributed by atoms with E-state index in [0.717, 1.165) is 5.57 Å². The molecule has 5 N–H and O–H groups in total. The van der Waals surface area contributed by atoms with E-state index in [1.54, 1.807) is 19.3 Å². The van der Waals surface area contributed by atoms with Gasteiger partial charge in [0.15, 0.2) is 0 Å². The largest absolute Gasteiger partial charge is 0.480 e. The average molecular weight is 551 g/mol. The van der Waals surface area contributed by atoms with Crippen LogP contribution in [0.4, 0.5) is 19.1 Å². The highest BCUT2D eigenvalue weighted by atomic mass is 35.5. The summed E-state index contributed by atoms with van der Waals surface area (Å²) >= 11 is 6.10. The first-order chi connectivity index (χ1) is 17.9. The van der Waals surface area contributed by atoms with E-state index in [0.29, 0.717) is 37.1 Å². The molecular formula is C25H26ClF3N6O3. The number of carboxylic acids is 1. The van der Waals surface area contributed by atoms with E-state index >= 15 is 0 Å². The number of benzene rings is 1. The number of carboxylic acid groups (broad SMARTS) is 1. The number of aliphatic carboxylic acids is 1. The molecule has 38 heavy (non-hydrogen) atoms. The van der Waals surface area contributed by atoms with Crippen molar-refractivity contribution >= 4 is 29.1 Å². The number of ether oxygens (including phenoxy) is 1. The third-order valence-corrected chi connectivity index (χ3v) is 6.53. The number of nitrogen functional groups attached to an aromatic ring is 1. The number of halogens is 4. The molecule has 2 aromatic heterocycles. The van der Waals surface area contributed by atoms with Gasteiger partial charge in [-0.05, 0) is 55.4 Å². The van der Waals surface area contributed by atoms with Gasteiger partial charge in [0.25, 0.3) is 0 Å². The Labute approximate surface area is 221 Å². The van der Waals surface area contributed by atoms with E-state index in [9.17, 15) is 18.0 Å². The normalized spacial score (nSPS) is 17.5. The fourth-order valence-corrected chi connectivity index (χ4v) is 4.60. The minimum Gasteiger partial charge on any atom is -0.480 e. The van der Waals surface area contributed by atoms with Crippen molar-refractivity contribution in [3.05, 3.63) is 58.9 Å². The molecule has 0 saturated carbocycles. The van der Waals surface area contributed by atoms with Gasteiger partial charge in [0, 0.05) is 35.5 Å². The molecule has 13 heteroatoms. The number of carbonyl (C=O) groups is 1. The lowest BCUT2D eigenvalue weighted by Crippen LogP contribution is -2.32. The van der Waals surface area contributed by atoms with Gasteiger partial charge in [0.05, 0.1) is 11.4 Å². The van der Waals surface area contributed by atoms with E-state index in [1.807, 2.05) is 6.08 Å². The number of nitrogens with zero attached hydrogens (tertiary/aromatic N) is 4. The molecule has 2 heterocycles. The average Bonchev–Trinajstić information content (AvgIpc) is 3.28. The van der Waals surface area contributed by atoms with Crippen molar-refractivity contribution in [2.75, 3.05) is 5.73 Å². The monoisotopic (exact) mass is 550 g/mol. The standard InChI is InChI=1S/C25H26ClF3N6O3/c1-35-9-8-19(34-35)17-11-15(26)6-7-16(17)22(25(27,28)29)38-21-12-20(32-24(31)33-21)14-4-2-13(3-5-14)10-18(30)23(36)37/h4,6-9,11-13,18,22H,2-3,5,10,30H2,1H3,(H,36,37)(H2,31,32,33). The number of aromatic nitrogens is 4. The van der Waals surface area contributed by atoms with Crippen LogP contribution in [-0.4, -0.2) is 43.0 Å². The SMILES string of the molecule is Cn1ccc(-c2cc(Cl)ccc2C(Oc2cc(C3=CCC(CC(N)C(=O)O)CC3)nc(N)n2)C(F)(F)F)n1. The summed E-state index contributed by atoms with van der Waals surface area (Å²) in [5, 5.41) is 13.5. The number of aryl methyl sites for hydroxylation is 1. The van der Waals surface area contributed by atoms with Crippen LogP contribution in [0.3, 0.4) is 0 Å². The fourth-order valence-electron chi connectivity index (χ4n) is 4.43. The highest BCUT2D eigenvalue weighted by Gasteiger charge is 2.45. The predicted molar refractivity (Wildman–Crippen MR) is 135 cm³/mol. The van der Waals surface area contributed by atoms with E-state index in [-0.39, 0.29) is 33.9 Å². The summed E-state index contributed by atoms with van der Waals surface area (Å²) in [7, 11) is 1.65. The molecule has 3 unspecified atom stereocenters. The van der Waals surface area contributed by atoms with Crippen LogP contribution in [-0.2, 0) is 11.8 Å². The quantitative estimate of drug-likeness (QED) is 0.364. The van der Waals surface area contributed by atoms with E-state index < -0.39 is 24.3 Å². The molecule has 9 nitrogen and oxygen atoms in total. The van der Waals surface area contributed by atoms with Crippen molar-refractivity contribution in [2.45, 2.75) is 44.0 Å². The topological polar surface area (TPSA) is 142 Å². The number of allylic oxidation sites excluding steroid dienone is 2. The minimum atomic E-state index is -4.81. The highest BCUT2D eigenvalue weighted by Crippen LogP contribution is 2.42. The third kappa shape index (κ3) is 6.43. The Bertz CT molecular complexity index is 1360. The molecule has 0 bridgehead atoms. The first-order valence-corrected chi connectivity index (χ1v) is 12.1. The number of anilines is 1. The summed E-state index contributed by atoms with van der Waals surface area (Å²) in [4.78, 5) is 19.1. The van der Waals surface area contributed by atoms with Gasteiger partial charge in [-0.3, -0.25) is 9.48 Å². The van der Waals surface area contributed by atoms with E-state index in [1.165, 1.54) is 28.9 Å². The Morgan fingerprint density at radius 1 is 1.26 bits per heavy atom. The van der Waals surface area contributed by atoms with Crippen LogP contribution in [0.2, 0.25) is 5.02 Å². The number of hydrogen-bond donors (Lipinski definition) is 3. The molecule has 1 aliphatic carbocycles. The first-order valence-electron chi connectivity index (χ1n) is 11.8. The number of rotatable bonds is 8. The van der Waals surface area contributed by atoms with Gasteiger partial charge < -0.3 is 21.3 Å². The number of nitrogens with two attached hydrogens (primary N) is 2. The zero-order chi connectivity index (χ0) is 27.6. The maximum atomic E-state index is 14.3. The molecule has 0 amide bonds. The summed E-state index contributed by atoms with van der Waals surface area (Å²) in [6.07, 6.45) is -1.66. The molecule has 0 saturated heterocycles. The van der Waals surface area contributed by atoms with Crippen LogP contribution >= 0.6 is 11.6 Å². The molecule has 3 aromatic rings. The molecule has 1 aromatic carbocycles. The minimum absolute atomic E-state index is 0.0734. The summed E-state index contributed by atoms with van der Waals surface area (Å²) in [6.45, 7) is 0. The maximum Gasteiger partial charge on any atom is 0.429 e. The zero-order valence-electron chi connectivity index (χ0n) is 20.3. The van der Waals surface area contributed by atoms with Crippen molar-refractivity contribution in [1.82, 2.24) is 19.7 Å². The molecule has 0 spiro atoms. The van der Waals surface area contributed by atoms with E-state index in [4.69, 9.17) is 32.9 Å². The Morgan fingerprint density at radius 3 is 2.63 bits per heavy atom. The maximum absolute atomic E-state index is 14.3. The summed E-state index contributed by atoms with van der Waals surface area (Å²) in [5.74, 6) is -1.57. The van der Waals surface area contributed by atoms with Gasteiger partial charge in [0.1, 0.15) is 6.04 Å². The molecule has 4 rings (SSSR count). The molecular weight excluding hydrogens is 525 g/mol. The van der Waals surface area contributed by atoms with Crippen LogP contribution in [0.25, 0.3) is 16.8 Å². The summed E-state index contributed by atoms with van der Waals surface area (Å²) < 4.78 is 49.9. The lowest BCUT2D eigenvalue weighted by Gasteiger charge is -2.25. The van der Waals surface area contributed by atoms with Crippen molar-refractivity contribution in [2.24, 2.45) is 18.7 Å². The van der Waals surface area contributed by atoms with Gasteiger partial charge in [-0.2, -0.15) is 23.3 Å². The lowest BCUT2D eigenvalue weighted by atomic mass is 9.84. The molecule has 202 valence electrons. The van der Waals surface area contributed by atoms with Gasteiger partial charge in [0.2, 0.25) is 17.9 Å². The molecule has 1 aliphatic rings. The Balaban J connectivity index is 1.63. The summed E-state index contributed by atoms with van der Waals surface area (Å²) in [6, 6.07) is 5.95. The van der Waals surface area contributed by atoms with Gasteiger partial charge in [-0.15, -0.1) is 0 Å².